The number of hydrogen-bond acceptors (Lipinski definition) is 2. The first kappa shape index (κ1) is 10.3. The van der Waals surface area contributed by atoms with Crippen LogP contribution in [0.1, 0.15) is 20.8 Å². The van der Waals surface area contributed by atoms with Crippen LogP contribution in [-0.4, -0.2) is 31.3 Å². The van der Waals surface area contributed by atoms with Crippen LogP contribution in [0, 0.1) is 5.92 Å². The average molecular weight is 187 g/mol. The Balaban J connectivity index is 2.10. The Labute approximate surface area is 79.0 Å². The van der Waals surface area contributed by atoms with Gasteiger partial charge in [-0.1, -0.05) is 0 Å². The topological polar surface area (TPSA) is 54.9 Å². The lowest BCUT2D eigenvalue weighted by Crippen LogP contribution is -2.97. The van der Waals surface area contributed by atoms with Crippen molar-refractivity contribution in [2.24, 2.45) is 5.92 Å². The molecule has 1 saturated heterocycles. The minimum Gasteiger partial charge on any atom is -0.444 e. The molecule has 0 aromatic carbocycles. The standard InChI is InChI=1S/C9H18N2O2/c1-9(2,3)13-8(12)11-6-7-4-10-5-7/h7,10H,4-6H2,1-3H3,(H,11,12)/p+1. The fourth-order valence-electron chi connectivity index (χ4n) is 1.11. The summed E-state index contributed by atoms with van der Waals surface area (Å²) in [6.07, 6.45) is -0.306. The molecule has 4 heteroatoms. The van der Waals surface area contributed by atoms with Crippen LogP contribution in [0.2, 0.25) is 0 Å². The Bertz CT molecular complexity index is 183. The summed E-state index contributed by atoms with van der Waals surface area (Å²) >= 11 is 0. The molecule has 4 nitrogen and oxygen atoms in total. The van der Waals surface area contributed by atoms with Crippen molar-refractivity contribution in [3.8, 4) is 0 Å². The van der Waals surface area contributed by atoms with Crippen LogP contribution in [0.25, 0.3) is 0 Å². The van der Waals surface area contributed by atoms with E-state index < -0.39 is 5.60 Å². The number of ether oxygens (including phenoxy) is 1. The number of hydrogen-bond donors (Lipinski definition) is 2. The molecule has 13 heavy (non-hydrogen) atoms. The Morgan fingerprint density at radius 3 is 2.54 bits per heavy atom. The van der Waals surface area contributed by atoms with Crippen LogP contribution in [0.4, 0.5) is 4.79 Å². The van der Waals surface area contributed by atoms with Crippen LogP contribution < -0.4 is 10.6 Å². The minimum absolute atomic E-state index is 0.306. The molecule has 1 rings (SSSR count). The fourth-order valence-corrected chi connectivity index (χ4v) is 1.11. The molecular weight excluding hydrogens is 168 g/mol. The lowest BCUT2D eigenvalue weighted by Gasteiger charge is -2.24. The van der Waals surface area contributed by atoms with Gasteiger partial charge in [0.1, 0.15) is 5.60 Å². The summed E-state index contributed by atoms with van der Waals surface area (Å²) in [5.74, 6) is 0.632. The number of nitrogens with two attached hydrogens (primary N) is 1. The Morgan fingerprint density at radius 1 is 1.54 bits per heavy atom. The summed E-state index contributed by atoms with van der Waals surface area (Å²) in [6.45, 7) is 8.58. The summed E-state index contributed by atoms with van der Waals surface area (Å²) in [7, 11) is 0. The maximum atomic E-state index is 11.2. The predicted molar refractivity (Wildman–Crippen MR) is 49.4 cm³/mol. The first-order chi connectivity index (χ1) is 5.97. The zero-order valence-electron chi connectivity index (χ0n) is 8.59. The van der Waals surface area contributed by atoms with Gasteiger partial charge in [-0.2, -0.15) is 0 Å². The molecule has 3 N–H and O–H groups in total. The predicted octanol–water partition coefficient (Wildman–Crippen LogP) is -0.296. The van der Waals surface area contributed by atoms with E-state index in [4.69, 9.17) is 4.74 Å². The molecule has 1 amide bonds. The van der Waals surface area contributed by atoms with Crippen LogP contribution in [0.3, 0.4) is 0 Å². The number of amides is 1. The van der Waals surface area contributed by atoms with E-state index in [0.29, 0.717) is 5.92 Å². The Kier molecular flexibility index (Phi) is 3.14. The monoisotopic (exact) mass is 187 g/mol. The largest absolute Gasteiger partial charge is 0.444 e. The maximum Gasteiger partial charge on any atom is 0.407 e. The van der Waals surface area contributed by atoms with Gasteiger partial charge in [0.15, 0.2) is 0 Å². The highest BCUT2D eigenvalue weighted by molar-refractivity contribution is 5.67. The number of carbonyl (C=O) groups is 1. The molecule has 0 atom stereocenters. The van der Waals surface area contributed by atoms with Gasteiger partial charge in [-0.15, -0.1) is 0 Å². The van der Waals surface area contributed by atoms with Crippen molar-refractivity contribution in [1.82, 2.24) is 5.32 Å². The molecular formula is C9H19N2O2+. The second-order valence-electron chi connectivity index (χ2n) is 4.51. The van der Waals surface area contributed by atoms with Gasteiger partial charge >= 0.3 is 6.09 Å². The summed E-state index contributed by atoms with van der Waals surface area (Å²) < 4.78 is 5.10. The van der Waals surface area contributed by atoms with Crippen molar-refractivity contribution in [2.75, 3.05) is 19.6 Å². The Hall–Kier alpha value is -0.770. The van der Waals surface area contributed by atoms with E-state index >= 15 is 0 Å². The zero-order valence-corrected chi connectivity index (χ0v) is 8.59. The van der Waals surface area contributed by atoms with E-state index in [1.165, 1.54) is 0 Å². The number of alkyl carbamates (subject to hydrolysis) is 1. The fraction of sp³-hybridized carbons (Fsp3) is 0.889. The third kappa shape index (κ3) is 4.12. The average Bonchev–Trinajstić information content (AvgIpc) is 1.78. The van der Waals surface area contributed by atoms with Crippen molar-refractivity contribution in [1.29, 1.82) is 0 Å². The van der Waals surface area contributed by atoms with E-state index in [0.717, 1.165) is 19.6 Å². The molecule has 0 radical (unpaired) electrons. The highest BCUT2D eigenvalue weighted by Gasteiger charge is 2.23. The molecule has 0 aliphatic carbocycles. The molecule has 76 valence electrons. The van der Waals surface area contributed by atoms with Gasteiger partial charge in [-0.3, -0.25) is 0 Å². The van der Waals surface area contributed by atoms with E-state index in [-0.39, 0.29) is 6.09 Å². The lowest BCUT2D eigenvalue weighted by atomic mass is 10.0. The molecule has 0 aromatic rings. The molecule has 0 unspecified atom stereocenters. The van der Waals surface area contributed by atoms with E-state index in [1.807, 2.05) is 20.8 Å². The minimum atomic E-state index is -0.393. The summed E-state index contributed by atoms with van der Waals surface area (Å²) in [4.78, 5) is 11.2. The van der Waals surface area contributed by atoms with Gasteiger partial charge in [-0.25, -0.2) is 4.79 Å². The highest BCUT2D eigenvalue weighted by Crippen LogP contribution is 2.06. The summed E-state index contributed by atoms with van der Waals surface area (Å²) in [5, 5.41) is 4.98. The van der Waals surface area contributed by atoms with Crippen molar-refractivity contribution < 1.29 is 14.8 Å². The second kappa shape index (κ2) is 3.96. The maximum absolute atomic E-state index is 11.2. The number of quaternary nitrogens is 1. The van der Waals surface area contributed by atoms with Gasteiger partial charge in [0.25, 0.3) is 0 Å². The third-order valence-corrected chi connectivity index (χ3v) is 1.93. The van der Waals surface area contributed by atoms with Crippen molar-refractivity contribution in [3.63, 3.8) is 0 Å². The SMILES string of the molecule is CC(C)(C)OC(=O)NCC1C[NH2+]C1. The van der Waals surface area contributed by atoms with E-state index in [9.17, 15) is 4.79 Å². The molecule has 1 heterocycles. The van der Waals surface area contributed by atoms with E-state index in [1.54, 1.807) is 0 Å². The summed E-state index contributed by atoms with van der Waals surface area (Å²) in [5.41, 5.74) is -0.393. The van der Waals surface area contributed by atoms with Gasteiger partial charge in [0.05, 0.1) is 19.0 Å². The third-order valence-electron chi connectivity index (χ3n) is 1.93. The molecule has 1 aliphatic rings. The smallest absolute Gasteiger partial charge is 0.407 e. The first-order valence-corrected chi connectivity index (χ1v) is 4.76. The van der Waals surface area contributed by atoms with Crippen LogP contribution in [-0.2, 0) is 4.74 Å². The molecule has 1 aliphatic heterocycles. The number of carbonyl (C=O) groups excluding carboxylic acids is 1. The summed E-state index contributed by atoms with van der Waals surface area (Å²) in [6, 6.07) is 0. The highest BCUT2D eigenvalue weighted by atomic mass is 16.6. The van der Waals surface area contributed by atoms with Crippen molar-refractivity contribution in [2.45, 2.75) is 26.4 Å². The van der Waals surface area contributed by atoms with Gasteiger partial charge in [0, 0.05) is 6.54 Å². The van der Waals surface area contributed by atoms with Crippen molar-refractivity contribution in [3.05, 3.63) is 0 Å². The van der Waals surface area contributed by atoms with Crippen LogP contribution in [0.5, 0.6) is 0 Å². The van der Waals surface area contributed by atoms with Gasteiger partial charge < -0.3 is 15.4 Å². The number of rotatable bonds is 2. The second-order valence-corrected chi connectivity index (χ2v) is 4.51. The van der Waals surface area contributed by atoms with Crippen LogP contribution in [0.15, 0.2) is 0 Å². The van der Waals surface area contributed by atoms with Crippen LogP contribution >= 0.6 is 0 Å². The number of nitrogens with one attached hydrogen (secondary N) is 1. The van der Waals surface area contributed by atoms with Gasteiger partial charge in [-0.05, 0) is 20.8 Å². The molecule has 0 spiro atoms. The normalized spacial score (nSPS) is 17.8. The van der Waals surface area contributed by atoms with Gasteiger partial charge in [0.2, 0.25) is 0 Å². The first-order valence-electron chi connectivity index (χ1n) is 4.76. The lowest BCUT2D eigenvalue weighted by molar-refractivity contribution is -0.722. The zero-order chi connectivity index (χ0) is 9.90. The van der Waals surface area contributed by atoms with E-state index in [2.05, 4.69) is 10.6 Å². The molecule has 0 bridgehead atoms. The Morgan fingerprint density at radius 2 is 2.15 bits per heavy atom. The molecule has 1 fully saturated rings. The quantitative estimate of drug-likeness (QED) is 0.624. The van der Waals surface area contributed by atoms with Crippen molar-refractivity contribution >= 4 is 6.09 Å². The molecule has 0 aromatic heterocycles. The molecule has 0 saturated carbocycles.